The Morgan fingerprint density at radius 3 is 2.52 bits per heavy atom. The van der Waals surface area contributed by atoms with Gasteiger partial charge in [0.05, 0.1) is 29.7 Å². The van der Waals surface area contributed by atoms with Crippen molar-refractivity contribution in [2.45, 2.75) is 55.3 Å². The predicted octanol–water partition coefficient (Wildman–Crippen LogP) is 3.54. The highest BCUT2D eigenvalue weighted by Gasteiger charge is 2.37. The zero-order valence-corrected chi connectivity index (χ0v) is 28.2. The van der Waals surface area contributed by atoms with E-state index in [1.165, 1.54) is 28.6 Å². The Hall–Kier alpha value is -3.46. The van der Waals surface area contributed by atoms with Gasteiger partial charge in [0.25, 0.3) is 11.8 Å². The second kappa shape index (κ2) is 15.4. The fourth-order valence-corrected chi connectivity index (χ4v) is 8.19. The molecule has 258 valence electrons. The van der Waals surface area contributed by atoms with Gasteiger partial charge < -0.3 is 25.4 Å². The monoisotopic (exact) mass is 704 g/mol. The lowest BCUT2D eigenvalue weighted by molar-refractivity contribution is 0.0599. The van der Waals surface area contributed by atoms with Gasteiger partial charge in [0, 0.05) is 61.5 Å². The maximum atomic E-state index is 14.2. The number of halogens is 3. The van der Waals surface area contributed by atoms with Gasteiger partial charge in [-0.25, -0.2) is 17.2 Å². The number of carbonyl (C=O) groups is 2. The molecular weight excluding hydrogens is 666 g/mol. The number of sulfonamides is 1. The molecule has 0 aromatic heterocycles. The van der Waals surface area contributed by atoms with E-state index in [0.29, 0.717) is 24.3 Å². The first-order valence-electron chi connectivity index (χ1n) is 15.7. The van der Waals surface area contributed by atoms with Crippen LogP contribution in [0.1, 0.15) is 44.7 Å². The number of ether oxygens (including phenoxy) is 1. The molecule has 0 aliphatic carbocycles. The van der Waals surface area contributed by atoms with Gasteiger partial charge in [0.1, 0.15) is 11.6 Å². The molecule has 48 heavy (non-hydrogen) atoms. The lowest BCUT2D eigenvalue weighted by Crippen LogP contribution is -2.62. The van der Waals surface area contributed by atoms with Crippen molar-refractivity contribution in [2.75, 3.05) is 39.9 Å². The van der Waals surface area contributed by atoms with Crippen molar-refractivity contribution in [2.24, 2.45) is 0 Å². The summed E-state index contributed by atoms with van der Waals surface area (Å²) >= 11 is 6.04. The molecule has 14 heteroatoms. The molecule has 0 saturated carbocycles. The number of hydrogen-bond donors (Lipinski definition) is 3. The van der Waals surface area contributed by atoms with Gasteiger partial charge in [0.15, 0.2) is 0 Å². The van der Waals surface area contributed by atoms with Crippen molar-refractivity contribution >= 4 is 33.4 Å². The quantitative estimate of drug-likeness (QED) is 0.279. The molecular formula is C34H39ClF2N4O6S. The number of hydrogen-bond acceptors (Lipinski definition) is 7. The average molecular weight is 705 g/mol. The van der Waals surface area contributed by atoms with Crippen molar-refractivity contribution in [3.63, 3.8) is 0 Å². The van der Waals surface area contributed by atoms with Gasteiger partial charge in [-0.05, 0) is 85.8 Å². The van der Waals surface area contributed by atoms with E-state index in [0.717, 1.165) is 31.0 Å². The van der Waals surface area contributed by atoms with Gasteiger partial charge in [-0.15, -0.1) is 0 Å². The second-order valence-electron chi connectivity index (χ2n) is 12.3. The highest BCUT2D eigenvalue weighted by atomic mass is 35.5. The zero-order chi connectivity index (χ0) is 34.6. The summed E-state index contributed by atoms with van der Waals surface area (Å²) in [6.07, 6.45) is 0.0752. The number of likely N-dealkylation sites (tertiary alicyclic amines) is 1. The summed E-state index contributed by atoms with van der Waals surface area (Å²) in [4.78, 5) is 29.0. The van der Waals surface area contributed by atoms with Crippen LogP contribution in [0.2, 0.25) is 5.02 Å². The fourth-order valence-electron chi connectivity index (χ4n) is 6.42. The minimum atomic E-state index is -3.98. The topological polar surface area (TPSA) is 128 Å². The number of amides is 2. The highest BCUT2D eigenvalue weighted by molar-refractivity contribution is 7.89. The summed E-state index contributed by atoms with van der Waals surface area (Å²) in [5, 5.41) is 17.8. The summed E-state index contributed by atoms with van der Waals surface area (Å²) in [6, 6.07) is 11.5. The van der Waals surface area contributed by atoms with E-state index in [1.54, 1.807) is 37.1 Å². The van der Waals surface area contributed by atoms with E-state index in [4.69, 9.17) is 16.3 Å². The fraction of sp³-hybridized carbons (Fsp3) is 0.412. The number of methoxy groups -OCH3 is 1. The van der Waals surface area contributed by atoms with Crippen LogP contribution in [-0.4, -0.2) is 98.7 Å². The Morgan fingerprint density at radius 2 is 1.81 bits per heavy atom. The molecule has 3 N–H and O–H groups in total. The van der Waals surface area contributed by atoms with Crippen molar-refractivity contribution < 1.29 is 36.6 Å². The van der Waals surface area contributed by atoms with Crippen molar-refractivity contribution in [1.82, 2.24) is 19.8 Å². The Labute approximate surface area is 284 Å². The highest BCUT2D eigenvalue weighted by Crippen LogP contribution is 2.24. The molecule has 2 aliphatic heterocycles. The normalized spacial score (nSPS) is 20.0. The largest absolute Gasteiger partial charge is 0.389 e. The molecule has 5 rings (SSSR count). The Bertz CT molecular complexity index is 1740. The van der Waals surface area contributed by atoms with Gasteiger partial charge in [-0.2, -0.15) is 4.31 Å². The molecule has 2 saturated heterocycles. The van der Waals surface area contributed by atoms with Crippen LogP contribution in [0.25, 0.3) is 0 Å². The molecule has 2 heterocycles. The van der Waals surface area contributed by atoms with Crippen molar-refractivity contribution in [3.8, 4) is 0 Å². The molecule has 3 aromatic rings. The summed E-state index contributed by atoms with van der Waals surface area (Å²) in [5.74, 6) is -2.50. The Morgan fingerprint density at radius 1 is 1.08 bits per heavy atom. The number of carbonyl (C=O) groups excluding carboxylic acids is 2. The molecule has 0 unspecified atom stereocenters. The number of nitrogens with one attached hydrogen (secondary N) is 2. The number of aliphatic hydroxyl groups is 1. The number of rotatable bonds is 11. The zero-order valence-electron chi connectivity index (χ0n) is 26.7. The number of benzene rings is 3. The number of aliphatic hydroxyl groups excluding tert-OH is 1. The first-order valence-corrected chi connectivity index (χ1v) is 17.5. The van der Waals surface area contributed by atoms with Crippen LogP contribution < -0.4 is 10.6 Å². The van der Waals surface area contributed by atoms with Gasteiger partial charge in [-0.3, -0.25) is 9.59 Å². The van der Waals surface area contributed by atoms with Gasteiger partial charge in [0.2, 0.25) is 10.0 Å². The molecule has 2 aliphatic rings. The number of aryl methyl sites for hydroxylation is 1. The van der Waals surface area contributed by atoms with Crippen LogP contribution >= 0.6 is 11.6 Å². The molecule has 10 nitrogen and oxygen atoms in total. The van der Waals surface area contributed by atoms with Crippen LogP contribution in [0.4, 0.5) is 8.78 Å². The Balaban J connectivity index is 1.40. The third kappa shape index (κ3) is 8.39. The Kier molecular flexibility index (Phi) is 11.5. The van der Waals surface area contributed by atoms with E-state index >= 15 is 0 Å². The van der Waals surface area contributed by atoms with E-state index in [9.17, 15) is 31.9 Å². The minimum absolute atomic E-state index is 0.00232. The van der Waals surface area contributed by atoms with Gasteiger partial charge in [-0.1, -0.05) is 17.7 Å². The molecule has 0 radical (unpaired) electrons. The third-order valence-corrected chi connectivity index (χ3v) is 10.8. The SMILES string of the molecule is COC[C@H]1CCCN1C(=O)c1cc(C)cc(C(=O)N[C@@H](Cc2cc(F)cc(F)c2)[C@H](O)[C@H]2CN(S(=O)(=O)c3cccc(Cl)c3)CCN2)c1. The summed E-state index contributed by atoms with van der Waals surface area (Å²) < 4.78 is 61.7. The second-order valence-corrected chi connectivity index (χ2v) is 14.6. The predicted molar refractivity (Wildman–Crippen MR) is 176 cm³/mol. The lowest BCUT2D eigenvalue weighted by Gasteiger charge is -2.38. The molecule has 0 bridgehead atoms. The summed E-state index contributed by atoms with van der Waals surface area (Å²) in [5.41, 5.74) is 1.32. The lowest BCUT2D eigenvalue weighted by atomic mass is 9.94. The van der Waals surface area contributed by atoms with Crippen LogP contribution in [-0.2, 0) is 21.2 Å². The third-order valence-electron chi connectivity index (χ3n) is 8.70. The molecule has 2 amide bonds. The minimum Gasteiger partial charge on any atom is -0.389 e. The number of nitrogens with zero attached hydrogens (tertiary/aromatic N) is 2. The first-order chi connectivity index (χ1) is 22.8. The molecule has 0 spiro atoms. The van der Waals surface area contributed by atoms with Crippen molar-refractivity contribution in [1.29, 1.82) is 0 Å². The van der Waals surface area contributed by atoms with E-state index in [-0.39, 0.29) is 59.0 Å². The van der Waals surface area contributed by atoms with Crippen LogP contribution in [0.3, 0.4) is 0 Å². The average Bonchev–Trinajstić information content (AvgIpc) is 3.51. The van der Waals surface area contributed by atoms with Gasteiger partial charge >= 0.3 is 0 Å². The van der Waals surface area contributed by atoms with E-state index < -0.39 is 45.8 Å². The van der Waals surface area contributed by atoms with E-state index in [1.807, 2.05) is 0 Å². The van der Waals surface area contributed by atoms with Crippen LogP contribution in [0, 0.1) is 18.6 Å². The molecule has 2 fully saturated rings. The smallest absolute Gasteiger partial charge is 0.254 e. The molecule has 3 aromatic carbocycles. The summed E-state index contributed by atoms with van der Waals surface area (Å²) in [7, 11) is -2.40. The summed E-state index contributed by atoms with van der Waals surface area (Å²) in [6.45, 7) is 2.89. The number of piperazine rings is 1. The van der Waals surface area contributed by atoms with Crippen molar-refractivity contribution in [3.05, 3.63) is 99.6 Å². The maximum Gasteiger partial charge on any atom is 0.254 e. The molecule has 4 atom stereocenters. The van der Waals surface area contributed by atoms with Crippen LogP contribution in [0.15, 0.2) is 65.6 Å². The first kappa shape index (κ1) is 35.8. The van der Waals surface area contributed by atoms with Crippen LogP contribution in [0.5, 0.6) is 0 Å². The standard InChI is InChI=1S/C34H39ClF2N4O6S/c1-21-11-23(16-24(12-21)34(44)41-9-4-6-28(41)20-47-2)33(43)39-30(15-22-13-26(36)18-27(37)14-22)32(42)31-19-40(10-8-38-31)48(45,46)29-7-3-5-25(35)17-29/h3,5,7,11-14,16-18,28,30-32,38,42H,4,6,8-10,15,19-20H2,1-2H3,(H,39,43)/t28-,30+,31-,32+/m1/s1. The van der Waals surface area contributed by atoms with E-state index in [2.05, 4.69) is 10.6 Å². The maximum absolute atomic E-state index is 14.2.